The highest BCUT2D eigenvalue weighted by Crippen LogP contribution is 2.26. The van der Waals surface area contributed by atoms with E-state index in [1.807, 2.05) is 17.0 Å². The summed E-state index contributed by atoms with van der Waals surface area (Å²) in [5.41, 5.74) is 1.03. The van der Waals surface area contributed by atoms with Crippen LogP contribution in [0.1, 0.15) is 51.0 Å². The van der Waals surface area contributed by atoms with Gasteiger partial charge in [0, 0.05) is 43.9 Å². The molecule has 0 bridgehead atoms. The van der Waals surface area contributed by atoms with Crippen molar-refractivity contribution >= 4 is 35.8 Å². The van der Waals surface area contributed by atoms with Crippen molar-refractivity contribution in [1.82, 2.24) is 20.5 Å². The molecule has 0 spiro atoms. The van der Waals surface area contributed by atoms with Crippen LogP contribution in [0, 0.1) is 5.92 Å². The minimum Gasteiger partial charge on any atom is -0.481 e. The first-order valence-corrected chi connectivity index (χ1v) is 10.5. The summed E-state index contributed by atoms with van der Waals surface area (Å²) in [5, 5.41) is 6.80. The van der Waals surface area contributed by atoms with Crippen molar-refractivity contribution in [1.29, 1.82) is 0 Å². The maximum Gasteiger partial charge on any atom is 0.225 e. The lowest BCUT2D eigenvalue weighted by atomic mass is 9.88. The van der Waals surface area contributed by atoms with Gasteiger partial charge in [0.2, 0.25) is 11.8 Å². The molecule has 3 rings (SSSR count). The largest absolute Gasteiger partial charge is 0.481 e. The van der Waals surface area contributed by atoms with Crippen molar-refractivity contribution in [3.8, 4) is 5.88 Å². The van der Waals surface area contributed by atoms with Crippen LogP contribution in [-0.2, 0) is 11.3 Å². The van der Waals surface area contributed by atoms with Crippen LogP contribution < -0.4 is 15.4 Å². The van der Waals surface area contributed by atoms with Crippen LogP contribution >= 0.6 is 24.0 Å². The summed E-state index contributed by atoms with van der Waals surface area (Å²) in [6.07, 6.45) is 8.55. The van der Waals surface area contributed by atoms with Crippen LogP contribution in [0.3, 0.4) is 0 Å². The Morgan fingerprint density at radius 1 is 1.28 bits per heavy atom. The molecule has 1 saturated carbocycles. The molecular weight excluding hydrogens is 481 g/mol. The van der Waals surface area contributed by atoms with E-state index in [0.29, 0.717) is 18.3 Å². The first-order chi connectivity index (χ1) is 13.7. The molecule has 8 heteroatoms. The first-order valence-electron chi connectivity index (χ1n) is 10.5. The van der Waals surface area contributed by atoms with Gasteiger partial charge in [-0.15, -0.1) is 24.0 Å². The minimum absolute atomic E-state index is 0. The molecule has 2 fully saturated rings. The Labute approximate surface area is 191 Å². The molecular formula is C21H34IN5O2. The smallest absolute Gasteiger partial charge is 0.225 e. The van der Waals surface area contributed by atoms with Gasteiger partial charge in [0.1, 0.15) is 0 Å². The second-order valence-electron chi connectivity index (χ2n) is 7.65. The fourth-order valence-electron chi connectivity index (χ4n) is 3.99. The number of amides is 1. The third-order valence-electron chi connectivity index (χ3n) is 5.57. The Balaban J connectivity index is 0.00000300. The van der Waals surface area contributed by atoms with E-state index >= 15 is 0 Å². The number of ether oxygens (including phenoxy) is 1. The maximum absolute atomic E-state index is 12.8. The molecule has 1 saturated heterocycles. The van der Waals surface area contributed by atoms with Crippen LogP contribution in [0.5, 0.6) is 5.88 Å². The monoisotopic (exact) mass is 515 g/mol. The number of carbonyl (C=O) groups is 1. The van der Waals surface area contributed by atoms with E-state index in [9.17, 15) is 4.79 Å². The summed E-state index contributed by atoms with van der Waals surface area (Å²) < 4.78 is 5.09. The highest BCUT2D eigenvalue weighted by molar-refractivity contribution is 14.0. The van der Waals surface area contributed by atoms with Gasteiger partial charge in [-0.25, -0.2) is 9.98 Å². The van der Waals surface area contributed by atoms with Gasteiger partial charge in [-0.3, -0.25) is 4.79 Å². The molecule has 2 heterocycles. The second kappa shape index (κ2) is 12.2. The summed E-state index contributed by atoms with van der Waals surface area (Å²) in [4.78, 5) is 23.7. The number of rotatable bonds is 6. The molecule has 2 N–H and O–H groups in total. The van der Waals surface area contributed by atoms with Gasteiger partial charge in [0.25, 0.3) is 0 Å². The average Bonchev–Trinajstić information content (AvgIpc) is 3.21. The zero-order chi connectivity index (χ0) is 19.8. The molecule has 29 heavy (non-hydrogen) atoms. The number of aromatic nitrogens is 1. The predicted octanol–water partition coefficient (Wildman–Crippen LogP) is 2.94. The molecule has 1 aliphatic carbocycles. The van der Waals surface area contributed by atoms with Crippen molar-refractivity contribution < 1.29 is 9.53 Å². The number of nitrogens with zero attached hydrogens (tertiary/aromatic N) is 3. The van der Waals surface area contributed by atoms with Gasteiger partial charge in [-0.05, 0) is 31.7 Å². The van der Waals surface area contributed by atoms with Crippen molar-refractivity contribution in [3.05, 3.63) is 23.9 Å². The number of hydrogen-bond donors (Lipinski definition) is 2. The van der Waals surface area contributed by atoms with Gasteiger partial charge in [-0.1, -0.05) is 25.3 Å². The molecule has 1 aliphatic heterocycles. The first kappa shape index (κ1) is 23.7. The van der Waals surface area contributed by atoms with Gasteiger partial charge in [0.15, 0.2) is 5.96 Å². The molecule has 1 unspecified atom stereocenters. The summed E-state index contributed by atoms with van der Waals surface area (Å²) in [6.45, 7) is 5.01. The quantitative estimate of drug-likeness (QED) is 0.346. The molecule has 162 valence electrons. The Morgan fingerprint density at radius 2 is 2.07 bits per heavy atom. The molecule has 0 aromatic carbocycles. The lowest BCUT2D eigenvalue weighted by molar-refractivity contribution is -0.135. The number of carbonyl (C=O) groups excluding carboxylic acids is 1. The van der Waals surface area contributed by atoms with Crippen LogP contribution in [0.2, 0.25) is 0 Å². The van der Waals surface area contributed by atoms with Gasteiger partial charge < -0.3 is 20.3 Å². The summed E-state index contributed by atoms with van der Waals surface area (Å²) in [7, 11) is 1.61. The summed E-state index contributed by atoms with van der Waals surface area (Å²) >= 11 is 0. The van der Waals surface area contributed by atoms with Gasteiger partial charge >= 0.3 is 0 Å². The van der Waals surface area contributed by atoms with E-state index in [2.05, 4.69) is 27.5 Å². The number of methoxy groups -OCH3 is 1. The second-order valence-corrected chi connectivity index (χ2v) is 7.65. The molecule has 1 amide bonds. The zero-order valence-corrected chi connectivity index (χ0v) is 19.9. The normalized spacial score (nSPS) is 20.1. The van der Waals surface area contributed by atoms with E-state index in [1.54, 1.807) is 13.3 Å². The number of hydrogen-bond acceptors (Lipinski definition) is 4. The Bertz CT molecular complexity index is 662. The fourth-order valence-corrected chi connectivity index (χ4v) is 3.99. The van der Waals surface area contributed by atoms with Crippen molar-refractivity contribution in [3.63, 3.8) is 0 Å². The number of aliphatic imine (C=N–C) groups is 1. The molecule has 1 aromatic heterocycles. The van der Waals surface area contributed by atoms with Crippen molar-refractivity contribution in [2.45, 2.75) is 58.0 Å². The molecule has 2 aliphatic rings. The third-order valence-corrected chi connectivity index (χ3v) is 5.57. The van der Waals surface area contributed by atoms with E-state index in [1.165, 1.54) is 19.3 Å². The fraction of sp³-hybridized carbons (Fsp3) is 0.667. The highest BCUT2D eigenvalue weighted by Gasteiger charge is 2.31. The Kier molecular flexibility index (Phi) is 9.96. The average molecular weight is 515 g/mol. The third kappa shape index (κ3) is 7.01. The number of guanidine groups is 1. The van der Waals surface area contributed by atoms with Gasteiger partial charge in [0.05, 0.1) is 13.7 Å². The maximum atomic E-state index is 12.8. The van der Waals surface area contributed by atoms with Gasteiger partial charge in [-0.2, -0.15) is 0 Å². The highest BCUT2D eigenvalue weighted by atomic mass is 127. The van der Waals surface area contributed by atoms with Crippen LogP contribution in [0.25, 0.3) is 0 Å². The number of nitrogens with one attached hydrogen (secondary N) is 2. The van der Waals surface area contributed by atoms with Crippen molar-refractivity contribution in [2.75, 3.05) is 26.7 Å². The Hall–Kier alpha value is -1.58. The standard InChI is InChI=1S/C21H33N5O2.HI/c1-3-22-21(24-14-16-9-10-19(28-2)23-13-16)25-18-11-12-26(15-18)20(27)17-7-5-4-6-8-17;/h9-10,13,17-18H,3-8,11-12,14-15H2,1-2H3,(H2,22,24,25);1H. The van der Waals surface area contributed by atoms with Crippen LogP contribution in [0.15, 0.2) is 23.3 Å². The SMILES string of the molecule is CCNC(=NCc1ccc(OC)nc1)NC1CCN(C(=O)C2CCCCC2)C1.I. The molecule has 0 radical (unpaired) electrons. The summed E-state index contributed by atoms with van der Waals surface area (Å²) in [6, 6.07) is 4.06. The van der Waals surface area contributed by atoms with E-state index in [-0.39, 0.29) is 35.9 Å². The number of likely N-dealkylation sites (tertiary alicyclic amines) is 1. The van der Waals surface area contributed by atoms with E-state index in [0.717, 1.165) is 50.4 Å². The van der Waals surface area contributed by atoms with Crippen LogP contribution in [0.4, 0.5) is 0 Å². The predicted molar refractivity (Wildman–Crippen MR) is 126 cm³/mol. The Morgan fingerprint density at radius 3 is 2.72 bits per heavy atom. The number of halogens is 1. The van der Waals surface area contributed by atoms with E-state index < -0.39 is 0 Å². The number of pyridine rings is 1. The summed E-state index contributed by atoms with van der Waals surface area (Å²) in [5.74, 6) is 1.99. The lowest BCUT2D eigenvalue weighted by Gasteiger charge is -2.26. The topological polar surface area (TPSA) is 78.9 Å². The molecule has 1 atom stereocenters. The lowest BCUT2D eigenvalue weighted by Crippen LogP contribution is -2.45. The minimum atomic E-state index is 0. The van der Waals surface area contributed by atoms with E-state index in [4.69, 9.17) is 4.74 Å². The zero-order valence-electron chi connectivity index (χ0n) is 17.5. The molecule has 7 nitrogen and oxygen atoms in total. The van der Waals surface area contributed by atoms with Crippen LogP contribution in [-0.4, -0.2) is 54.5 Å². The van der Waals surface area contributed by atoms with Crippen molar-refractivity contribution in [2.24, 2.45) is 10.9 Å². The molecule has 1 aromatic rings.